The van der Waals surface area contributed by atoms with Gasteiger partial charge in [-0.2, -0.15) is 13.2 Å². The van der Waals surface area contributed by atoms with E-state index in [9.17, 15) is 13.2 Å². The van der Waals surface area contributed by atoms with E-state index in [1.807, 2.05) is 0 Å². The minimum absolute atomic E-state index is 0.353. The highest BCUT2D eigenvalue weighted by Gasteiger charge is 2.40. The van der Waals surface area contributed by atoms with Crippen molar-refractivity contribution in [3.05, 3.63) is 23.7 Å². The molecule has 0 spiro atoms. The first kappa shape index (κ1) is 21.1. The number of allylic oxidation sites excluding steroid dienone is 2. The lowest BCUT2D eigenvalue weighted by atomic mass is 10.1. The van der Waals surface area contributed by atoms with Crippen molar-refractivity contribution in [3.8, 4) is 0 Å². The van der Waals surface area contributed by atoms with Crippen LogP contribution in [0.15, 0.2) is 23.7 Å². The average molecular weight is 365 g/mol. The zero-order valence-electron chi connectivity index (χ0n) is 15.3. The molecular weight excluding hydrogens is 333 g/mol. The molecule has 0 aliphatic carbocycles. The Balaban J connectivity index is 2.90. The van der Waals surface area contributed by atoms with Gasteiger partial charge in [0.05, 0.1) is 0 Å². The molecule has 0 saturated heterocycles. The quantitative estimate of drug-likeness (QED) is 0.317. The Morgan fingerprint density at radius 2 is 1.67 bits per heavy atom. The average Bonchev–Trinajstić information content (AvgIpc) is 2.56. The molecule has 0 aromatic heterocycles. The maximum Gasteiger partial charge on any atom is 0.449 e. The third kappa shape index (κ3) is 6.19. The van der Waals surface area contributed by atoms with E-state index in [2.05, 4.69) is 27.7 Å². The van der Waals surface area contributed by atoms with Crippen LogP contribution in [0.2, 0.25) is 18.1 Å². The Labute approximate surface area is 145 Å². The molecule has 1 heterocycles. The van der Waals surface area contributed by atoms with E-state index < -0.39 is 26.4 Å². The summed E-state index contributed by atoms with van der Waals surface area (Å²) in [5.74, 6) is -0.571. The molecule has 0 amide bonds. The van der Waals surface area contributed by atoms with Crippen LogP contribution >= 0.6 is 0 Å². The van der Waals surface area contributed by atoms with Gasteiger partial charge in [-0.25, -0.2) is 0 Å². The highest BCUT2D eigenvalue weighted by molar-refractivity contribution is 6.73. The number of alkyl halides is 3. The standard InChI is InChI=1S/C18H31F3O2Si/c1-5-9-10-11-12-15-13-16(14-17(22-15)18(19,20)21)23-24(6-2,7-3)8-4/h13-15H,5-12H2,1-4H3. The van der Waals surface area contributed by atoms with Gasteiger partial charge in [0.15, 0.2) is 0 Å². The van der Waals surface area contributed by atoms with E-state index in [-0.39, 0.29) is 0 Å². The molecule has 0 radical (unpaired) electrons. The van der Waals surface area contributed by atoms with Gasteiger partial charge in [-0.1, -0.05) is 47.0 Å². The Morgan fingerprint density at radius 3 is 2.17 bits per heavy atom. The number of halogens is 3. The topological polar surface area (TPSA) is 18.5 Å². The molecule has 0 aromatic rings. The Bertz CT molecular complexity index is 432. The maximum absolute atomic E-state index is 13.1. The van der Waals surface area contributed by atoms with E-state index in [1.54, 1.807) is 6.08 Å². The molecule has 0 aromatic carbocycles. The summed E-state index contributed by atoms with van der Waals surface area (Å²) < 4.78 is 50.8. The number of unbranched alkanes of at least 4 members (excludes halogenated alkanes) is 3. The summed E-state index contributed by atoms with van der Waals surface area (Å²) >= 11 is 0. The van der Waals surface area contributed by atoms with Crippen molar-refractivity contribution in [1.82, 2.24) is 0 Å². The minimum Gasteiger partial charge on any atom is -0.544 e. The molecule has 0 bridgehead atoms. The molecule has 1 aliphatic rings. The molecule has 0 saturated carbocycles. The van der Waals surface area contributed by atoms with Gasteiger partial charge in [0.2, 0.25) is 14.1 Å². The smallest absolute Gasteiger partial charge is 0.449 e. The number of rotatable bonds is 10. The molecule has 24 heavy (non-hydrogen) atoms. The zero-order chi connectivity index (χ0) is 18.2. The summed E-state index contributed by atoms with van der Waals surface area (Å²) in [5.41, 5.74) is 0. The summed E-state index contributed by atoms with van der Waals surface area (Å²) in [6.07, 6.45) is 2.43. The molecule has 1 rings (SSSR count). The summed E-state index contributed by atoms with van der Waals surface area (Å²) in [7, 11) is -2.00. The van der Waals surface area contributed by atoms with Crippen LogP contribution in [0.5, 0.6) is 0 Å². The fourth-order valence-electron chi connectivity index (χ4n) is 2.93. The lowest BCUT2D eigenvalue weighted by Crippen LogP contribution is -2.36. The second kappa shape index (κ2) is 9.54. The van der Waals surface area contributed by atoms with Crippen LogP contribution in [0, 0.1) is 0 Å². The first-order valence-corrected chi connectivity index (χ1v) is 11.7. The monoisotopic (exact) mass is 364 g/mol. The molecule has 1 atom stereocenters. The van der Waals surface area contributed by atoms with Crippen LogP contribution in [0.25, 0.3) is 0 Å². The first-order valence-electron chi connectivity index (χ1n) is 9.16. The van der Waals surface area contributed by atoms with Gasteiger partial charge in [0.25, 0.3) is 0 Å². The van der Waals surface area contributed by atoms with E-state index in [0.29, 0.717) is 12.2 Å². The van der Waals surface area contributed by atoms with Crippen LogP contribution in [0.4, 0.5) is 13.2 Å². The van der Waals surface area contributed by atoms with Crippen molar-refractivity contribution < 1.29 is 22.3 Å². The van der Waals surface area contributed by atoms with Crippen LogP contribution in [0.1, 0.15) is 59.8 Å². The Morgan fingerprint density at radius 1 is 1.04 bits per heavy atom. The van der Waals surface area contributed by atoms with Gasteiger partial charge in [-0.05, 0) is 37.0 Å². The van der Waals surface area contributed by atoms with Gasteiger partial charge in [-0.3, -0.25) is 0 Å². The molecule has 1 unspecified atom stereocenters. The predicted octanol–water partition coefficient (Wildman–Crippen LogP) is 6.71. The second-order valence-electron chi connectivity index (χ2n) is 6.43. The summed E-state index contributed by atoms with van der Waals surface area (Å²) in [5, 5.41) is 0. The van der Waals surface area contributed by atoms with Gasteiger partial charge < -0.3 is 9.16 Å². The predicted molar refractivity (Wildman–Crippen MR) is 94.1 cm³/mol. The van der Waals surface area contributed by atoms with E-state index >= 15 is 0 Å². The zero-order valence-corrected chi connectivity index (χ0v) is 16.3. The largest absolute Gasteiger partial charge is 0.544 e. The second-order valence-corrected chi connectivity index (χ2v) is 11.1. The number of hydrogen-bond acceptors (Lipinski definition) is 2. The fourth-order valence-corrected chi connectivity index (χ4v) is 5.49. The fraction of sp³-hybridized carbons (Fsp3) is 0.778. The summed E-state index contributed by atoms with van der Waals surface area (Å²) in [6.45, 7) is 8.30. The highest BCUT2D eigenvalue weighted by atomic mass is 28.4. The maximum atomic E-state index is 13.1. The van der Waals surface area contributed by atoms with Crippen molar-refractivity contribution in [2.45, 2.75) is 90.2 Å². The molecule has 1 aliphatic heterocycles. The third-order valence-electron chi connectivity index (χ3n) is 4.79. The third-order valence-corrected chi connectivity index (χ3v) is 9.33. The lowest BCUT2D eigenvalue weighted by molar-refractivity contribution is -0.138. The normalized spacial score (nSPS) is 18.7. The van der Waals surface area contributed by atoms with E-state index in [4.69, 9.17) is 9.16 Å². The summed E-state index contributed by atoms with van der Waals surface area (Å²) in [6, 6.07) is 2.69. The van der Waals surface area contributed by atoms with Crippen LogP contribution in [-0.2, 0) is 9.16 Å². The van der Waals surface area contributed by atoms with Gasteiger partial charge in [0.1, 0.15) is 11.9 Å². The van der Waals surface area contributed by atoms with Gasteiger partial charge >= 0.3 is 6.18 Å². The Kier molecular flexibility index (Phi) is 8.40. The summed E-state index contributed by atoms with van der Waals surface area (Å²) in [4.78, 5) is 0. The van der Waals surface area contributed by atoms with Crippen LogP contribution in [-0.4, -0.2) is 20.6 Å². The van der Waals surface area contributed by atoms with Crippen LogP contribution in [0.3, 0.4) is 0 Å². The molecule has 2 nitrogen and oxygen atoms in total. The number of hydrogen-bond donors (Lipinski definition) is 0. The van der Waals surface area contributed by atoms with Crippen molar-refractivity contribution in [2.75, 3.05) is 0 Å². The molecule has 0 N–H and O–H groups in total. The highest BCUT2D eigenvalue weighted by Crippen LogP contribution is 2.35. The van der Waals surface area contributed by atoms with E-state index in [1.165, 1.54) is 0 Å². The SMILES string of the molecule is CCCCCCC1C=C(O[Si](CC)(CC)CC)C=C(C(F)(F)F)O1. The van der Waals surface area contributed by atoms with Crippen LogP contribution < -0.4 is 0 Å². The van der Waals surface area contributed by atoms with Crippen molar-refractivity contribution >= 4 is 8.32 Å². The van der Waals surface area contributed by atoms with Gasteiger partial charge in [0, 0.05) is 6.08 Å². The van der Waals surface area contributed by atoms with E-state index in [0.717, 1.165) is 49.9 Å². The Hall–Kier alpha value is -0.913. The molecule has 0 fully saturated rings. The minimum atomic E-state index is -4.47. The molecule has 140 valence electrons. The van der Waals surface area contributed by atoms with Crippen molar-refractivity contribution in [1.29, 1.82) is 0 Å². The van der Waals surface area contributed by atoms with Crippen molar-refractivity contribution in [3.63, 3.8) is 0 Å². The lowest BCUT2D eigenvalue weighted by Gasteiger charge is -2.32. The molecular formula is C18H31F3O2Si. The molecule has 6 heteroatoms. The first-order chi connectivity index (χ1) is 11.3. The number of ether oxygens (including phenoxy) is 1. The van der Waals surface area contributed by atoms with Crippen molar-refractivity contribution in [2.24, 2.45) is 0 Å². The van der Waals surface area contributed by atoms with Gasteiger partial charge in [-0.15, -0.1) is 0 Å².